The Morgan fingerprint density at radius 3 is 1.95 bits per heavy atom. The number of hydrogen-bond donors (Lipinski definition) is 2. The van der Waals surface area contributed by atoms with Crippen molar-refractivity contribution in [3.8, 4) is 0 Å². The maximum absolute atomic E-state index is 12.9. The fourth-order valence-corrected chi connectivity index (χ4v) is 3.21. The first kappa shape index (κ1) is 17.9. The predicted octanol–water partition coefficient (Wildman–Crippen LogP) is 2.53. The summed E-state index contributed by atoms with van der Waals surface area (Å²) in [5, 5.41) is 9.94. The predicted molar refractivity (Wildman–Crippen MR) is 72.1 cm³/mol. The molecule has 4 nitrogen and oxygen atoms in total. The minimum atomic E-state index is -4.79. The molecule has 0 unspecified atom stereocenters. The molecule has 0 spiro atoms. The first-order chi connectivity index (χ1) is 9.18. The quantitative estimate of drug-likeness (QED) is 0.894. The van der Waals surface area contributed by atoms with Crippen molar-refractivity contribution < 1.29 is 26.7 Å². The van der Waals surface area contributed by atoms with E-state index in [4.69, 9.17) is 0 Å². The highest BCUT2D eigenvalue weighted by Gasteiger charge is 2.42. The van der Waals surface area contributed by atoms with Crippen molar-refractivity contribution in [1.82, 2.24) is 4.72 Å². The lowest BCUT2D eigenvalue weighted by Crippen LogP contribution is -2.57. The lowest BCUT2D eigenvalue weighted by Gasteiger charge is -2.37. The summed E-state index contributed by atoms with van der Waals surface area (Å²) in [7, 11) is -4.44. The number of halogens is 3. The Labute approximate surface area is 122 Å². The van der Waals surface area contributed by atoms with Gasteiger partial charge in [-0.05, 0) is 39.8 Å². The van der Waals surface area contributed by atoms with Crippen LogP contribution in [0.15, 0.2) is 29.2 Å². The van der Waals surface area contributed by atoms with Crippen molar-refractivity contribution in [3.05, 3.63) is 29.8 Å². The molecule has 0 heterocycles. The molecule has 0 aliphatic heterocycles. The van der Waals surface area contributed by atoms with Crippen molar-refractivity contribution in [2.75, 3.05) is 0 Å². The molecular formula is C13H18F3NO3S. The standard InChI is InChI=1S/C13H18F3NO3S/c1-11(2,12(3,4)18)17-21(19,20)10-8-6-5-7-9(10)13(14,15)16/h5-8,17-18H,1-4H3. The number of benzene rings is 1. The number of aliphatic hydroxyl groups is 1. The van der Waals surface area contributed by atoms with E-state index in [2.05, 4.69) is 4.72 Å². The smallest absolute Gasteiger partial charge is 0.389 e. The minimum absolute atomic E-state index is 0.700. The third-order valence-electron chi connectivity index (χ3n) is 3.40. The largest absolute Gasteiger partial charge is 0.417 e. The van der Waals surface area contributed by atoms with Crippen LogP contribution < -0.4 is 4.72 Å². The van der Waals surface area contributed by atoms with Gasteiger partial charge in [-0.3, -0.25) is 0 Å². The Kier molecular flexibility index (Phi) is 4.49. The van der Waals surface area contributed by atoms with Gasteiger partial charge in [0, 0.05) is 0 Å². The number of hydrogen-bond acceptors (Lipinski definition) is 3. The van der Waals surface area contributed by atoms with E-state index >= 15 is 0 Å². The molecule has 2 N–H and O–H groups in total. The van der Waals surface area contributed by atoms with Crippen LogP contribution >= 0.6 is 0 Å². The lowest BCUT2D eigenvalue weighted by atomic mass is 9.87. The average molecular weight is 325 g/mol. The van der Waals surface area contributed by atoms with E-state index in [9.17, 15) is 26.7 Å². The van der Waals surface area contributed by atoms with Crippen molar-refractivity contribution in [1.29, 1.82) is 0 Å². The molecule has 0 fully saturated rings. The first-order valence-electron chi connectivity index (χ1n) is 6.11. The van der Waals surface area contributed by atoms with Crippen LogP contribution in [0.5, 0.6) is 0 Å². The molecule has 21 heavy (non-hydrogen) atoms. The Hall–Kier alpha value is -1.12. The molecule has 1 rings (SSSR count). The normalized spacial score (nSPS) is 14.3. The van der Waals surface area contributed by atoms with E-state index in [-0.39, 0.29) is 0 Å². The van der Waals surface area contributed by atoms with E-state index in [1.54, 1.807) is 0 Å². The van der Waals surface area contributed by atoms with E-state index in [1.807, 2.05) is 0 Å². The molecular weight excluding hydrogens is 307 g/mol. The average Bonchev–Trinajstić information content (AvgIpc) is 2.25. The number of nitrogens with one attached hydrogen (secondary N) is 1. The van der Waals surface area contributed by atoms with Crippen molar-refractivity contribution in [2.45, 2.75) is 49.9 Å². The third kappa shape index (κ3) is 3.96. The van der Waals surface area contributed by atoms with Gasteiger partial charge in [0.15, 0.2) is 0 Å². The van der Waals surface area contributed by atoms with Crippen LogP contribution in [0.2, 0.25) is 0 Å². The summed E-state index contributed by atoms with van der Waals surface area (Å²) in [6.07, 6.45) is -4.79. The summed E-state index contributed by atoms with van der Waals surface area (Å²) in [4.78, 5) is -0.866. The zero-order valence-electron chi connectivity index (χ0n) is 12.1. The second kappa shape index (κ2) is 5.26. The Morgan fingerprint density at radius 1 is 1.05 bits per heavy atom. The lowest BCUT2D eigenvalue weighted by molar-refractivity contribution is -0.139. The van der Waals surface area contributed by atoms with Crippen LogP contribution in [0.25, 0.3) is 0 Å². The molecule has 0 bridgehead atoms. The Bertz CT molecular complexity index is 616. The molecule has 0 aliphatic carbocycles. The zero-order chi connectivity index (χ0) is 16.7. The highest BCUT2D eigenvalue weighted by Crippen LogP contribution is 2.34. The third-order valence-corrected chi connectivity index (χ3v) is 5.12. The molecule has 0 atom stereocenters. The number of sulfonamides is 1. The fraction of sp³-hybridized carbons (Fsp3) is 0.538. The van der Waals surface area contributed by atoms with Gasteiger partial charge in [-0.25, -0.2) is 13.1 Å². The van der Waals surface area contributed by atoms with E-state index < -0.39 is 37.8 Å². The first-order valence-corrected chi connectivity index (χ1v) is 7.59. The van der Waals surface area contributed by atoms with Gasteiger partial charge in [0.05, 0.1) is 21.6 Å². The van der Waals surface area contributed by atoms with Gasteiger partial charge >= 0.3 is 6.18 Å². The number of alkyl halides is 3. The van der Waals surface area contributed by atoms with Crippen LogP contribution in [0.3, 0.4) is 0 Å². The highest BCUT2D eigenvalue weighted by atomic mass is 32.2. The van der Waals surface area contributed by atoms with Gasteiger partial charge in [-0.15, -0.1) is 0 Å². The Balaban J connectivity index is 3.35. The van der Waals surface area contributed by atoms with E-state index in [0.717, 1.165) is 12.1 Å². The van der Waals surface area contributed by atoms with Crippen LogP contribution in [-0.2, 0) is 16.2 Å². The summed E-state index contributed by atoms with van der Waals surface area (Å²) in [6.45, 7) is 5.51. The van der Waals surface area contributed by atoms with Gasteiger partial charge < -0.3 is 5.11 Å². The molecule has 8 heteroatoms. The maximum atomic E-state index is 12.9. The molecule has 120 valence electrons. The molecule has 0 aliphatic rings. The van der Waals surface area contributed by atoms with E-state index in [1.165, 1.54) is 33.8 Å². The molecule has 0 amide bonds. The minimum Gasteiger partial charge on any atom is -0.389 e. The van der Waals surface area contributed by atoms with Gasteiger partial charge in [0.1, 0.15) is 0 Å². The summed E-state index contributed by atoms with van der Waals surface area (Å²) in [5.74, 6) is 0. The second-order valence-electron chi connectivity index (χ2n) is 5.78. The SMILES string of the molecule is CC(C)(O)C(C)(C)NS(=O)(=O)c1ccccc1C(F)(F)F. The summed E-state index contributed by atoms with van der Waals surface area (Å²) < 4.78 is 65.3. The summed E-state index contributed by atoms with van der Waals surface area (Å²) in [5.41, 5.74) is -4.07. The Morgan fingerprint density at radius 2 is 1.52 bits per heavy atom. The van der Waals surface area contributed by atoms with Gasteiger partial charge in [0.2, 0.25) is 10.0 Å². The van der Waals surface area contributed by atoms with E-state index in [0.29, 0.717) is 6.07 Å². The maximum Gasteiger partial charge on any atom is 0.417 e. The topological polar surface area (TPSA) is 66.4 Å². The molecule has 1 aromatic rings. The van der Waals surface area contributed by atoms with Crippen LogP contribution in [0.1, 0.15) is 33.3 Å². The fourth-order valence-electron chi connectivity index (χ4n) is 1.45. The second-order valence-corrected chi connectivity index (χ2v) is 7.43. The van der Waals surface area contributed by atoms with Gasteiger partial charge in [-0.2, -0.15) is 13.2 Å². The van der Waals surface area contributed by atoms with Crippen molar-refractivity contribution in [3.63, 3.8) is 0 Å². The van der Waals surface area contributed by atoms with Gasteiger partial charge in [-0.1, -0.05) is 12.1 Å². The zero-order valence-corrected chi connectivity index (χ0v) is 12.9. The molecule has 0 radical (unpaired) electrons. The highest BCUT2D eigenvalue weighted by molar-refractivity contribution is 7.89. The van der Waals surface area contributed by atoms with Gasteiger partial charge in [0.25, 0.3) is 0 Å². The molecule has 0 saturated heterocycles. The summed E-state index contributed by atoms with van der Waals surface area (Å²) >= 11 is 0. The van der Waals surface area contributed by atoms with Crippen LogP contribution in [0.4, 0.5) is 13.2 Å². The van der Waals surface area contributed by atoms with Crippen LogP contribution in [0, 0.1) is 0 Å². The number of rotatable bonds is 4. The molecule has 0 aromatic heterocycles. The molecule has 0 saturated carbocycles. The summed E-state index contributed by atoms with van der Waals surface area (Å²) in [6, 6.07) is 3.90. The monoisotopic (exact) mass is 325 g/mol. The van der Waals surface area contributed by atoms with Crippen molar-refractivity contribution in [2.24, 2.45) is 0 Å². The van der Waals surface area contributed by atoms with Crippen LogP contribution in [-0.4, -0.2) is 24.7 Å². The molecule has 1 aromatic carbocycles. The van der Waals surface area contributed by atoms with Crippen molar-refractivity contribution >= 4 is 10.0 Å².